The molecule has 0 aliphatic carbocycles. The predicted octanol–water partition coefficient (Wildman–Crippen LogP) is 1.93. The van der Waals surface area contributed by atoms with E-state index in [4.69, 9.17) is 14.3 Å². The highest BCUT2D eigenvalue weighted by Gasteiger charge is 2.13. The number of aryl methyl sites for hydroxylation is 1. The topological polar surface area (TPSA) is 77.5 Å². The van der Waals surface area contributed by atoms with Gasteiger partial charge in [0.05, 0.1) is 25.5 Å². The summed E-state index contributed by atoms with van der Waals surface area (Å²) in [6, 6.07) is 1.51. The summed E-state index contributed by atoms with van der Waals surface area (Å²) in [5.74, 6) is 0.150. The maximum Gasteiger partial charge on any atom is 0.371 e. The normalized spacial score (nSPS) is 10.6. The lowest BCUT2D eigenvalue weighted by Gasteiger charge is -1.99. The van der Waals surface area contributed by atoms with Crippen LogP contribution < -0.4 is 4.74 Å². The smallest absolute Gasteiger partial charge is 0.371 e. The first kappa shape index (κ1) is 12.2. The van der Waals surface area contributed by atoms with Crippen molar-refractivity contribution >= 4 is 5.97 Å². The molecule has 0 unspecified atom stereocenters. The van der Waals surface area contributed by atoms with Crippen LogP contribution in [0.2, 0.25) is 0 Å². The molecular weight excluding hydrogens is 236 g/mol. The molecule has 0 fully saturated rings. The molecule has 0 bridgehead atoms. The van der Waals surface area contributed by atoms with E-state index in [2.05, 4.69) is 5.10 Å². The van der Waals surface area contributed by atoms with E-state index in [0.717, 1.165) is 5.56 Å². The van der Waals surface area contributed by atoms with Crippen molar-refractivity contribution < 1.29 is 19.1 Å². The number of nitrogens with zero attached hydrogens (tertiary/aromatic N) is 2. The zero-order valence-electron chi connectivity index (χ0n) is 10.2. The second-order valence-electron chi connectivity index (χ2n) is 3.80. The van der Waals surface area contributed by atoms with E-state index < -0.39 is 5.97 Å². The van der Waals surface area contributed by atoms with Crippen molar-refractivity contribution in [1.82, 2.24) is 9.78 Å². The first-order valence-electron chi connectivity index (χ1n) is 5.58. The maximum atomic E-state index is 10.8. The lowest BCUT2D eigenvalue weighted by atomic mass is 10.2. The Morgan fingerprint density at radius 2 is 2.39 bits per heavy atom. The van der Waals surface area contributed by atoms with Gasteiger partial charge >= 0.3 is 5.97 Å². The summed E-state index contributed by atoms with van der Waals surface area (Å²) in [5.41, 5.74) is 0.790. The molecule has 1 N–H and O–H groups in total. The molecule has 96 valence electrons. The van der Waals surface area contributed by atoms with Crippen LogP contribution in [0, 0.1) is 6.92 Å². The molecule has 0 saturated carbocycles. The Morgan fingerprint density at radius 3 is 3.00 bits per heavy atom. The van der Waals surface area contributed by atoms with Gasteiger partial charge in [0.25, 0.3) is 0 Å². The second kappa shape index (κ2) is 4.95. The number of hydrogen-bond acceptors (Lipinski definition) is 4. The predicted molar refractivity (Wildman–Crippen MR) is 62.9 cm³/mol. The number of aromatic carboxylic acids is 1. The number of furan rings is 1. The van der Waals surface area contributed by atoms with Crippen LogP contribution in [0.5, 0.6) is 5.75 Å². The quantitative estimate of drug-likeness (QED) is 0.877. The van der Waals surface area contributed by atoms with E-state index in [1.165, 1.54) is 6.07 Å². The zero-order valence-corrected chi connectivity index (χ0v) is 10.2. The van der Waals surface area contributed by atoms with E-state index in [0.29, 0.717) is 24.7 Å². The van der Waals surface area contributed by atoms with Crippen LogP contribution in [-0.4, -0.2) is 27.5 Å². The fraction of sp³-hybridized carbons (Fsp3) is 0.333. The van der Waals surface area contributed by atoms with Crippen molar-refractivity contribution in [3.63, 3.8) is 0 Å². The van der Waals surface area contributed by atoms with Crippen LogP contribution in [0.25, 0.3) is 0 Å². The van der Waals surface area contributed by atoms with Gasteiger partial charge in [-0.25, -0.2) is 4.79 Å². The van der Waals surface area contributed by atoms with Gasteiger partial charge in [0.1, 0.15) is 5.76 Å². The molecule has 0 amide bonds. The van der Waals surface area contributed by atoms with Gasteiger partial charge in [-0.05, 0) is 19.9 Å². The largest absolute Gasteiger partial charge is 0.491 e. The molecule has 18 heavy (non-hydrogen) atoms. The number of carboxylic acid groups (broad SMARTS) is 1. The molecular formula is C12H14N2O4. The average Bonchev–Trinajstić information content (AvgIpc) is 2.88. The van der Waals surface area contributed by atoms with Gasteiger partial charge in [-0.15, -0.1) is 0 Å². The molecule has 0 atom stereocenters. The van der Waals surface area contributed by atoms with Crippen molar-refractivity contribution in [2.75, 3.05) is 6.61 Å². The minimum absolute atomic E-state index is 0.0558. The van der Waals surface area contributed by atoms with E-state index >= 15 is 0 Å². The Balaban J connectivity index is 2.14. The molecule has 6 heteroatoms. The van der Waals surface area contributed by atoms with Gasteiger partial charge in [-0.1, -0.05) is 0 Å². The van der Waals surface area contributed by atoms with Gasteiger partial charge in [-0.3, -0.25) is 4.68 Å². The van der Waals surface area contributed by atoms with E-state index in [9.17, 15) is 4.79 Å². The number of ether oxygens (including phenoxy) is 1. The monoisotopic (exact) mass is 250 g/mol. The van der Waals surface area contributed by atoms with Gasteiger partial charge < -0.3 is 14.3 Å². The van der Waals surface area contributed by atoms with Crippen molar-refractivity contribution in [1.29, 1.82) is 0 Å². The van der Waals surface area contributed by atoms with Crippen molar-refractivity contribution in [3.8, 4) is 5.75 Å². The van der Waals surface area contributed by atoms with E-state index in [1.54, 1.807) is 24.0 Å². The highest BCUT2D eigenvalue weighted by atomic mass is 16.5. The summed E-state index contributed by atoms with van der Waals surface area (Å²) >= 11 is 0. The molecule has 2 heterocycles. The maximum absolute atomic E-state index is 10.8. The number of hydrogen-bond donors (Lipinski definition) is 1. The molecule has 2 aromatic heterocycles. The average molecular weight is 250 g/mol. The Bertz CT molecular complexity index is 556. The zero-order chi connectivity index (χ0) is 13.1. The fourth-order valence-corrected chi connectivity index (χ4v) is 1.63. The van der Waals surface area contributed by atoms with Gasteiger partial charge in [-0.2, -0.15) is 5.10 Å². The van der Waals surface area contributed by atoms with Gasteiger partial charge in [0.15, 0.2) is 5.75 Å². The van der Waals surface area contributed by atoms with Crippen LogP contribution in [0.1, 0.15) is 28.8 Å². The number of rotatable bonds is 5. The van der Waals surface area contributed by atoms with Crippen molar-refractivity contribution in [3.05, 3.63) is 35.5 Å². The van der Waals surface area contributed by atoms with Crippen LogP contribution in [0.15, 0.2) is 22.9 Å². The van der Waals surface area contributed by atoms with Gasteiger partial charge in [0, 0.05) is 5.56 Å². The summed E-state index contributed by atoms with van der Waals surface area (Å²) < 4.78 is 12.1. The standard InChI is InChI=1S/C12H14N2O4/c1-3-17-10-5-13-14(7-10)6-9-4-11(12(15)16)18-8(9)2/h4-5,7H,3,6H2,1-2H3,(H,15,16). The van der Waals surface area contributed by atoms with Gasteiger partial charge in [0.2, 0.25) is 5.76 Å². The lowest BCUT2D eigenvalue weighted by molar-refractivity contribution is 0.0661. The third kappa shape index (κ3) is 2.53. The molecule has 0 saturated heterocycles. The minimum atomic E-state index is -1.07. The molecule has 0 aliphatic heterocycles. The van der Waals surface area contributed by atoms with Crippen LogP contribution in [-0.2, 0) is 6.54 Å². The first-order chi connectivity index (χ1) is 8.60. The molecule has 0 spiro atoms. The Morgan fingerprint density at radius 1 is 1.61 bits per heavy atom. The lowest BCUT2D eigenvalue weighted by Crippen LogP contribution is -2.00. The first-order valence-corrected chi connectivity index (χ1v) is 5.58. The van der Waals surface area contributed by atoms with E-state index in [1.807, 2.05) is 6.92 Å². The van der Waals surface area contributed by atoms with Crippen LogP contribution >= 0.6 is 0 Å². The Kier molecular flexibility index (Phi) is 3.36. The minimum Gasteiger partial charge on any atom is -0.491 e. The molecule has 0 aliphatic rings. The molecule has 2 rings (SSSR count). The van der Waals surface area contributed by atoms with Crippen molar-refractivity contribution in [2.24, 2.45) is 0 Å². The third-order valence-electron chi connectivity index (χ3n) is 2.48. The summed E-state index contributed by atoms with van der Waals surface area (Å²) in [5, 5.41) is 13.0. The number of carbonyl (C=O) groups is 1. The molecule has 0 radical (unpaired) electrons. The van der Waals surface area contributed by atoms with Crippen molar-refractivity contribution in [2.45, 2.75) is 20.4 Å². The Labute approximate surface area is 104 Å². The summed E-state index contributed by atoms with van der Waals surface area (Å²) in [6.45, 7) is 4.67. The summed E-state index contributed by atoms with van der Waals surface area (Å²) in [4.78, 5) is 10.8. The highest BCUT2D eigenvalue weighted by molar-refractivity contribution is 5.84. The molecule has 2 aromatic rings. The number of carboxylic acids is 1. The molecule has 0 aromatic carbocycles. The fourth-order valence-electron chi connectivity index (χ4n) is 1.63. The third-order valence-corrected chi connectivity index (χ3v) is 2.48. The Hall–Kier alpha value is -2.24. The summed E-state index contributed by atoms with van der Waals surface area (Å²) in [6.07, 6.45) is 3.38. The van der Waals surface area contributed by atoms with Crippen LogP contribution in [0.4, 0.5) is 0 Å². The van der Waals surface area contributed by atoms with Crippen LogP contribution in [0.3, 0.4) is 0 Å². The van der Waals surface area contributed by atoms with E-state index in [-0.39, 0.29) is 5.76 Å². The number of aromatic nitrogens is 2. The summed E-state index contributed by atoms with van der Waals surface area (Å²) in [7, 11) is 0. The highest BCUT2D eigenvalue weighted by Crippen LogP contribution is 2.17. The second-order valence-corrected chi connectivity index (χ2v) is 3.80. The SMILES string of the molecule is CCOc1cnn(Cc2cc(C(=O)O)oc2C)c1. The molecule has 6 nitrogen and oxygen atoms in total.